The van der Waals surface area contributed by atoms with Crippen molar-refractivity contribution in [3.8, 4) is 0 Å². The number of carbonyl (C=O) groups excluding carboxylic acids is 1. The molecule has 0 N–H and O–H groups in total. The maximum Gasteiger partial charge on any atom is 0.325 e. The van der Waals surface area contributed by atoms with E-state index in [4.69, 9.17) is 0 Å². The van der Waals surface area contributed by atoms with Crippen LogP contribution in [-0.4, -0.2) is 35.0 Å². The zero-order valence-electron chi connectivity index (χ0n) is 7.86. The number of hydrogen-bond donors (Lipinski definition) is 0. The highest BCUT2D eigenvalue weighted by Gasteiger charge is 2.27. The van der Waals surface area contributed by atoms with Crippen molar-refractivity contribution < 1.29 is 4.79 Å². The summed E-state index contributed by atoms with van der Waals surface area (Å²) in [6.07, 6.45) is 1.59. The Labute approximate surface area is 89.9 Å². The van der Waals surface area contributed by atoms with E-state index in [2.05, 4.69) is 25.9 Å². The Hall–Kier alpha value is -1.17. The number of amides is 2. The van der Waals surface area contributed by atoms with Crippen molar-refractivity contribution in [2.45, 2.75) is 6.54 Å². The van der Waals surface area contributed by atoms with Crippen molar-refractivity contribution >= 4 is 27.8 Å². The second-order valence-corrected chi connectivity index (χ2v) is 3.97. The van der Waals surface area contributed by atoms with Gasteiger partial charge in [0.2, 0.25) is 0 Å². The van der Waals surface area contributed by atoms with Gasteiger partial charge >= 0.3 is 6.03 Å². The van der Waals surface area contributed by atoms with Crippen molar-refractivity contribution in [2.75, 3.05) is 19.0 Å². The summed E-state index contributed by atoms with van der Waals surface area (Å²) in [6, 6.07) is -0.0610. The lowest BCUT2D eigenvalue weighted by Crippen LogP contribution is -2.43. The number of carbonyl (C=O) groups is 1. The lowest BCUT2D eigenvalue weighted by Gasteiger charge is -2.30. The van der Waals surface area contributed by atoms with Crippen molar-refractivity contribution in [1.29, 1.82) is 0 Å². The Morgan fingerprint density at radius 3 is 2.93 bits per heavy atom. The van der Waals surface area contributed by atoms with Gasteiger partial charge in [-0.05, 0) is 15.9 Å². The van der Waals surface area contributed by atoms with E-state index in [9.17, 15) is 4.79 Å². The average molecular weight is 257 g/mol. The summed E-state index contributed by atoms with van der Waals surface area (Å²) in [4.78, 5) is 23.1. The van der Waals surface area contributed by atoms with Crippen LogP contribution >= 0.6 is 15.9 Å². The molecule has 2 rings (SSSR count). The lowest BCUT2D eigenvalue weighted by atomic mass is 10.3. The minimum atomic E-state index is -0.0610. The van der Waals surface area contributed by atoms with Crippen LogP contribution in [0.5, 0.6) is 0 Å². The predicted molar refractivity (Wildman–Crippen MR) is 55.0 cm³/mol. The predicted octanol–water partition coefficient (Wildman–Crippen LogP) is 1.24. The molecule has 0 aliphatic carbocycles. The van der Waals surface area contributed by atoms with E-state index in [0.717, 1.165) is 5.69 Å². The molecule has 1 aliphatic heterocycles. The van der Waals surface area contributed by atoms with E-state index in [1.54, 1.807) is 25.2 Å². The van der Waals surface area contributed by atoms with E-state index < -0.39 is 0 Å². The molecule has 5 nitrogen and oxygen atoms in total. The Balaban J connectivity index is 2.50. The molecule has 0 atom stereocenters. The van der Waals surface area contributed by atoms with Crippen molar-refractivity contribution in [3.05, 3.63) is 16.5 Å². The highest BCUT2D eigenvalue weighted by atomic mass is 79.9. The van der Waals surface area contributed by atoms with Crippen LogP contribution in [0.1, 0.15) is 5.69 Å². The van der Waals surface area contributed by atoms with Gasteiger partial charge < -0.3 is 4.90 Å². The second-order valence-electron chi connectivity index (χ2n) is 3.16. The molecule has 2 amide bonds. The number of anilines is 1. The molecule has 14 heavy (non-hydrogen) atoms. The number of urea groups is 1. The van der Waals surface area contributed by atoms with Crippen LogP contribution < -0.4 is 4.90 Å². The molecule has 0 unspecified atom stereocenters. The zero-order valence-corrected chi connectivity index (χ0v) is 9.45. The van der Waals surface area contributed by atoms with Gasteiger partial charge in [-0.3, -0.25) is 4.90 Å². The standard InChI is InChI=1S/C8H9BrN4O/c1-12-4-5-7(13(2)8(12)14)10-3-6(9)11-5/h3H,4H2,1-2H3. The van der Waals surface area contributed by atoms with Crippen molar-refractivity contribution in [1.82, 2.24) is 14.9 Å². The molecule has 0 saturated carbocycles. The Kier molecular flexibility index (Phi) is 2.14. The molecule has 0 spiro atoms. The van der Waals surface area contributed by atoms with Gasteiger partial charge in [-0.2, -0.15) is 0 Å². The van der Waals surface area contributed by atoms with E-state index >= 15 is 0 Å². The molecule has 1 aromatic heterocycles. The number of hydrogen-bond acceptors (Lipinski definition) is 3. The quantitative estimate of drug-likeness (QED) is 0.702. The van der Waals surface area contributed by atoms with Gasteiger partial charge in [-0.15, -0.1) is 0 Å². The van der Waals surface area contributed by atoms with Crippen LogP contribution in [-0.2, 0) is 6.54 Å². The monoisotopic (exact) mass is 256 g/mol. The molecule has 0 fully saturated rings. The highest BCUT2D eigenvalue weighted by molar-refractivity contribution is 9.10. The van der Waals surface area contributed by atoms with E-state index in [1.165, 1.54) is 4.90 Å². The van der Waals surface area contributed by atoms with Gasteiger partial charge in [-0.1, -0.05) is 0 Å². The number of aromatic nitrogens is 2. The molecule has 1 aromatic rings. The summed E-state index contributed by atoms with van der Waals surface area (Å²) in [5.41, 5.74) is 0.809. The zero-order chi connectivity index (χ0) is 10.3. The van der Waals surface area contributed by atoms with E-state index in [0.29, 0.717) is 17.0 Å². The topological polar surface area (TPSA) is 49.3 Å². The van der Waals surface area contributed by atoms with Crippen LogP contribution in [0.4, 0.5) is 10.6 Å². The molecule has 0 aromatic carbocycles. The molecular formula is C8H9BrN4O. The Morgan fingerprint density at radius 2 is 2.21 bits per heavy atom. The molecule has 0 bridgehead atoms. The summed E-state index contributed by atoms with van der Waals surface area (Å²) in [6.45, 7) is 0.505. The normalized spacial score (nSPS) is 15.8. The summed E-state index contributed by atoms with van der Waals surface area (Å²) in [5.74, 6) is 0.635. The number of fused-ring (bicyclic) bond motifs is 1. The first-order chi connectivity index (χ1) is 6.59. The molecule has 6 heteroatoms. The molecule has 0 saturated heterocycles. The number of rotatable bonds is 0. The van der Waals surface area contributed by atoms with Crippen LogP contribution in [0, 0.1) is 0 Å². The molecule has 2 heterocycles. The third-order valence-electron chi connectivity index (χ3n) is 2.11. The largest absolute Gasteiger partial charge is 0.325 e. The van der Waals surface area contributed by atoms with Crippen LogP contribution in [0.3, 0.4) is 0 Å². The fourth-order valence-electron chi connectivity index (χ4n) is 1.42. The van der Waals surface area contributed by atoms with Gasteiger partial charge in [0.15, 0.2) is 5.82 Å². The fourth-order valence-corrected chi connectivity index (χ4v) is 1.74. The summed E-state index contributed by atoms with van der Waals surface area (Å²) in [7, 11) is 3.43. The Bertz CT molecular complexity index is 395. The summed E-state index contributed by atoms with van der Waals surface area (Å²) in [5, 5.41) is 0. The van der Waals surface area contributed by atoms with E-state index in [-0.39, 0.29) is 6.03 Å². The third kappa shape index (κ3) is 1.35. The maximum absolute atomic E-state index is 11.5. The first-order valence-corrected chi connectivity index (χ1v) is 4.89. The minimum Gasteiger partial charge on any atom is -0.321 e. The molecular weight excluding hydrogens is 248 g/mol. The van der Waals surface area contributed by atoms with Gasteiger partial charge in [0.25, 0.3) is 0 Å². The van der Waals surface area contributed by atoms with Gasteiger partial charge in [-0.25, -0.2) is 14.8 Å². The third-order valence-corrected chi connectivity index (χ3v) is 2.49. The molecule has 1 aliphatic rings. The van der Waals surface area contributed by atoms with Gasteiger partial charge in [0.1, 0.15) is 10.3 Å². The van der Waals surface area contributed by atoms with Crippen LogP contribution in [0.25, 0.3) is 0 Å². The van der Waals surface area contributed by atoms with Crippen molar-refractivity contribution in [3.63, 3.8) is 0 Å². The van der Waals surface area contributed by atoms with Crippen molar-refractivity contribution in [2.24, 2.45) is 0 Å². The smallest absolute Gasteiger partial charge is 0.321 e. The summed E-state index contributed by atoms with van der Waals surface area (Å²) < 4.78 is 0.687. The SMILES string of the molecule is CN1Cc2nc(Br)cnc2N(C)C1=O. The highest BCUT2D eigenvalue weighted by Crippen LogP contribution is 2.23. The molecule has 74 valence electrons. The minimum absolute atomic E-state index is 0.0610. The van der Waals surface area contributed by atoms with E-state index in [1.807, 2.05) is 0 Å². The van der Waals surface area contributed by atoms with Crippen LogP contribution in [0.2, 0.25) is 0 Å². The Morgan fingerprint density at radius 1 is 1.50 bits per heavy atom. The lowest BCUT2D eigenvalue weighted by molar-refractivity contribution is 0.211. The van der Waals surface area contributed by atoms with Gasteiger partial charge in [0.05, 0.1) is 12.7 Å². The number of nitrogens with zero attached hydrogens (tertiary/aromatic N) is 4. The fraction of sp³-hybridized carbons (Fsp3) is 0.375. The average Bonchev–Trinajstić information content (AvgIpc) is 2.14. The first-order valence-electron chi connectivity index (χ1n) is 4.10. The maximum atomic E-state index is 11.5. The number of halogens is 1. The second kappa shape index (κ2) is 3.20. The van der Waals surface area contributed by atoms with Crippen LogP contribution in [0.15, 0.2) is 10.8 Å². The van der Waals surface area contributed by atoms with Gasteiger partial charge in [0, 0.05) is 14.1 Å². The molecule has 0 radical (unpaired) electrons. The summed E-state index contributed by atoms with van der Waals surface area (Å²) >= 11 is 3.25. The first kappa shape index (κ1) is 9.39.